The number of ether oxygens (including phenoxy) is 1. The first-order valence-corrected chi connectivity index (χ1v) is 15.2. The van der Waals surface area contributed by atoms with E-state index in [-0.39, 0.29) is 47.6 Å². The molecule has 0 radical (unpaired) electrons. The van der Waals surface area contributed by atoms with Crippen LogP contribution in [0.3, 0.4) is 0 Å². The second kappa shape index (κ2) is 11.4. The summed E-state index contributed by atoms with van der Waals surface area (Å²) in [4.78, 5) is 61.7. The lowest BCUT2D eigenvalue weighted by Gasteiger charge is -2.50. The van der Waals surface area contributed by atoms with Crippen molar-refractivity contribution in [3.63, 3.8) is 0 Å². The average molecular weight is 717 g/mol. The number of rotatable bonds is 7. The predicted octanol–water partition coefficient (Wildman–Crippen LogP) is 4.52. The maximum Gasteiger partial charge on any atom is 0.303 e. The summed E-state index contributed by atoms with van der Waals surface area (Å²) in [5, 5.41) is 19.7. The molecule has 1 saturated carbocycles. The summed E-state index contributed by atoms with van der Waals surface area (Å²) in [7, 11) is 1.24. The quantitative estimate of drug-likeness (QED) is 0.106. The fourth-order valence-electron chi connectivity index (χ4n) is 7.50. The number of carbonyl (C=O) groups excluding carboxylic acids is 4. The SMILES string of the molecule is COc1ccc([C@H]2C3=CC[C@@H]4C(=O)N(CCCC(=O)O)C(=O)[C@@H]4[C@@H]3C[C@@]3(Cl)C(=O)N(c4c(F)c(F)c(F)c(F)c4F)C(=O)[C@@]23Cl)cc1O. The number of fused-ring (bicyclic) bond motifs is 4. The van der Waals surface area contributed by atoms with Gasteiger partial charge in [-0.05, 0) is 42.9 Å². The number of halogens is 7. The summed E-state index contributed by atoms with van der Waals surface area (Å²) in [5.41, 5.74) is -1.71. The number of nitrogens with zero attached hydrogens (tertiary/aromatic N) is 2. The van der Waals surface area contributed by atoms with E-state index in [0.717, 1.165) is 11.0 Å². The number of hydrogen-bond donors (Lipinski definition) is 2. The van der Waals surface area contributed by atoms with E-state index in [9.17, 15) is 42.3 Å². The molecular formula is C31H23Cl2F5N2O8. The number of hydrogen-bond acceptors (Lipinski definition) is 7. The Labute approximate surface area is 277 Å². The van der Waals surface area contributed by atoms with Gasteiger partial charge in [-0.3, -0.25) is 28.9 Å². The van der Waals surface area contributed by atoms with Gasteiger partial charge in [-0.1, -0.05) is 17.7 Å². The molecule has 2 aromatic carbocycles. The van der Waals surface area contributed by atoms with Gasteiger partial charge in [0.05, 0.1) is 18.9 Å². The number of carbonyl (C=O) groups is 5. The van der Waals surface area contributed by atoms with Gasteiger partial charge in [0.2, 0.25) is 17.6 Å². The minimum Gasteiger partial charge on any atom is -0.504 e. The van der Waals surface area contributed by atoms with Crippen LogP contribution in [-0.2, 0) is 24.0 Å². The van der Waals surface area contributed by atoms with Crippen LogP contribution in [0.4, 0.5) is 27.6 Å². The summed E-state index contributed by atoms with van der Waals surface area (Å²) in [5.74, 6) is -23.6. The van der Waals surface area contributed by atoms with E-state index in [1.807, 2.05) is 0 Å². The van der Waals surface area contributed by atoms with E-state index in [2.05, 4.69) is 0 Å². The molecule has 6 rings (SSSR count). The molecule has 2 aliphatic carbocycles. The lowest BCUT2D eigenvalue weighted by atomic mass is 9.56. The van der Waals surface area contributed by atoms with E-state index < -0.39 is 110 Å². The number of amides is 4. The number of aromatic hydroxyl groups is 1. The highest BCUT2D eigenvalue weighted by molar-refractivity contribution is 6.58. The van der Waals surface area contributed by atoms with Crippen molar-refractivity contribution < 1.29 is 60.9 Å². The molecule has 2 aromatic rings. The second-order valence-corrected chi connectivity index (χ2v) is 13.2. The van der Waals surface area contributed by atoms with E-state index in [0.29, 0.717) is 0 Å². The van der Waals surface area contributed by atoms with Crippen LogP contribution < -0.4 is 9.64 Å². The van der Waals surface area contributed by atoms with Crippen molar-refractivity contribution >= 4 is 58.5 Å². The van der Waals surface area contributed by atoms with Crippen molar-refractivity contribution in [1.29, 1.82) is 0 Å². The Morgan fingerprint density at radius 2 is 1.58 bits per heavy atom. The smallest absolute Gasteiger partial charge is 0.303 e. The van der Waals surface area contributed by atoms with E-state index >= 15 is 8.78 Å². The number of benzene rings is 2. The fourth-order valence-corrected chi connectivity index (χ4v) is 8.44. The molecule has 0 unspecified atom stereocenters. The first-order valence-electron chi connectivity index (χ1n) is 14.4. The van der Waals surface area contributed by atoms with Gasteiger partial charge < -0.3 is 14.9 Å². The highest BCUT2D eigenvalue weighted by Gasteiger charge is 2.77. The highest BCUT2D eigenvalue weighted by atomic mass is 35.5. The van der Waals surface area contributed by atoms with Gasteiger partial charge in [0.25, 0.3) is 11.8 Å². The first kappa shape index (κ1) is 33.7. The van der Waals surface area contributed by atoms with Gasteiger partial charge in [0.1, 0.15) is 5.69 Å². The standard InChI is InChI=1S/C31H23Cl2F5N2O8/c1-48-16-7-4-11(9-15(16)41)19-12-5-6-13-18(27(45)39(26(13)44)8-2-3-17(42)43)14(12)10-30(32)28(46)40(29(47)31(19,30)33)25-23(37)21(35)20(34)22(36)24(25)38/h4-5,7,9,13-14,18-19,41H,2-3,6,8,10H2,1H3,(H,42,43)/t13-,14+,18-,19-,30+,31-/m0/s1. The first-order chi connectivity index (χ1) is 22.5. The molecular weight excluding hydrogens is 694 g/mol. The van der Waals surface area contributed by atoms with Crippen molar-refractivity contribution in [2.75, 3.05) is 18.6 Å². The molecule has 2 heterocycles. The minimum absolute atomic E-state index is 0.00165. The number of aliphatic carboxylic acids is 1. The van der Waals surface area contributed by atoms with Crippen LogP contribution in [0.2, 0.25) is 0 Å². The van der Waals surface area contributed by atoms with Crippen LogP contribution in [0.15, 0.2) is 29.8 Å². The monoisotopic (exact) mass is 716 g/mol. The predicted molar refractivity (Wildman–Crippen MR) is 155 cm³/mol. The van der Waals surface area contributed by atoms with Crippen LogP contribution in [0, 0.1) is 46.8 Å². The normalized spacial score (nSPS) is 29.5. The number of phenolic OH excluding ortho intramolecular Hbond substituents is 1. The van der Waals surface area contributed by atoms with Gasteiger partial charge in [0.15, 0.2) is 44.5 Å². The summed E-state index contributed by atoms with van der Waals surface area (Å²) >= 11 is 14.0. The number of phenols is 1. The molecule has 4 amide bonds. The summed E-state index contributed by atoms with van der Waals surface area (Å²) < 4.78 is 77.9. The number of carboxylic acid groups (broad SMARTS) is 1. The Hall–Kier alpha value is -4.24. The lowest BCUT2D eigenvalue weighted by Crippen LogP contribution is -2.60. The lowest BCUT2D eigenvalue weighted by molar-refractivity contribution is -0.142. The Bertz CT molecular complexity index is 1850. The number of imide groups is 2. The third-order valence-electron chi connectivity index (χ3n) is 9.62. The highest BCUT2D eigenvalue weighted by Crippen LogP contribution is 2.66. The zero-order valence-electron chi connectivity index (χ0n) is 24.5. The molecule has 0 spiro atoms. The molecule has 6 atom stereocenters. The molecule has 3 fully saturated rings. The molecule has 2 aliphatic heterocycles. The van der Waals surface area contributed by atoms with E-state index in [1.54, 1.807) is 0 Å². The van der Waals surface area contributed by atoms with Crippen LogP contribution in [-0.4, -0.2) is 68.1 Å². The van der Waals surface area contributed by atoms with Crippen LogP contribution >= 0.6 is 23.2 Å². The van der Waals surface area contributed by atoms with Gasteiger partial charge in [-0.25, -0.2) is 26.9 Å². The summed E-state index contributed by atoms with van der Waals surface area (Å²) in [6.45, 7) is -0.230. The maximum absolute atomic E-state index is 15.1. The van der Waals surface area contributed by atoms with Gasteiger partial charge in [0, 0.05) is 18.9 Å². The molecule has 2 saturated heterocycles. The topological polar surface area (TPSA) is 142 Å². The molecule has 254 valence electrons. The molecule has 17 heteroatoms. The molecule has 10 nitrogen and oxygen atoms in total. The van der Waals surface area contributed by atoms with Crippen molar-refractivity contribution in [2.45, 2.75) is 41.3 Å². The largest absolute Gasteiger partial charge is 0.504 e. The number of carboxylic acids is 1. The van der Waals surface area contributed by atoms with Gasteiger partial charge in [-0.15, -0.1) is 23.2 Å². The third-order valence-corrected chi connectivity index (χ3v) is 11.0. The Morgan fingerprint density at radius 1 is 0.958 bits per heavy atom. The number of methoxy groups -OCH3 is 1. The third kappa shape index (κ3) is 4.39. The zero-order chi connectivity index (χ0) is 35.2. The average Bonchev–Trinajstić information content (AvgIpc) is 3.37. The number of likely N-dealkylation sites (tertiary alicyclic amines) is 1. The Kier molecular flexibility index (Phi) is 8.02. The fraction of sp³-hybridized carbons (Fsp3) is 0.387. The number of allylic oxidation sites excluding steroid dienone is 2. The number of anilines is 1. The molecule has 4 aliphatic rings. The van der Waals surface area contributed by atoms with Gasteiger partial charge in [-0.2, -0.15) is 0 Å². The van der Waals surface area contributed by atoms with Crippen molar-refractivity contribution in [3.05, 3.63) is 64.5 Å². The second-order valence-electron chi connectivity index (χ2n) is 11.9. The summed E-state index contributed by atoms with van der Waals surface area (Å²) in [6.07, 6.45) is 0.331. The van der Waals surface area contributed by atoms with Crippen LogP contribution in [0.25, 0.3) is 0 Å². The van der Waals surface area contributed by atoms with Crippen LogP contribution in [0.5, 0.6) is 11.5 Å². The molecule has 48 heavy (non-hydrogen) atoms. The van der Waals surface area contributed by atoms with E-state index in [1.165, 1.54) is 25.3 Å². The van der Waals surface area contributed by atoms with E-state index in [4.69, 9.17) is 33.0 Å². The molecule has 2 N–H and O–H groups in total. The van der Waals surface area contributed by atoms with Crippen molar-refractivity contribution in [3.8, 4) is 11.5 Å². The maximum atomic E-state index is 15.1. The summed E-state index contributed by atoms with van der Waals surface area (Å²) in [6, 6.07) is 3.71. The van der Waals surface area contributed by atoms with Gasteiger partial charge >= 0.3 is 5.97 Å². The van der Waals surface area contributed by atoms with Crippen molar-refractivity contribution in [1.82, 2.24) is 4.90 Å². The minimum atomic E-state index is -2.74. The van der Waals surface area contributed by atoms with Crippen molar-refractivity contribution in [2.24, 2.45) is 17.8 Å². The Balaban J connectivity index is 1.54. The van der Waals surface area contributed by atoms with Crippen LogP contribution in [0.1, 0.15) is 37.2 Å². The molecule has 0 aromatic heterocycles. The number of alkyl halides is 2. The molecule has 0 bridgehead atoms. The Morgan fingerprint density at radius 3 is 2.17 bits per heavy atom. The zero-order valence-corrected chi connectivity index (χ0v) is 26.1.